The first-order valence-electron chi connectivity index (χ1n) is 13.1. The number of methoxy groups -OCH3 is 1. The number of carboxylic acid groups (broad SMARTS) is 1. The van der Waals surface area contributed by atoms with E-state index in [2.05, 4.69) is 0 Å². The van der Waals surface area contributed by atoms with Crippen molar-refractivity contribution in [2.45, 2.75) is 54.1 Å². The summed E-state index contributed by atoms with van der Waals surface area (Å²) >= 11 is 11.6. The second-order valence-corrected chi connectivity index (χ2v) is 9.38. The van der Waals surface area contributed by atoms with Gasteiger partial charge in [0.15, 0.2) is 0 Å². The van der Waals surface area contributed by atoms with Crippen molar-refractivity contribution in [2.75, 3.05) is 32.7 Å². The number of allylic oxidation sites excluding steroid dienone is 5. The summed E-state index contributed by atoms with van der Waals surface area (Å²) in [7, 11) is 1.41. The molecule has 230 valence electrons. The van der Waals surface area contributed by atoms with Crippen LogP contribution in [0.3, 0.4) is 0 Å². The highest BCUT2D eigenvalue weighted by Gasteiger charge is 2.35. The normalized spacial score (nSPS) is 13.7. The number of nitrogens with zero attached hydrogens (tertiary/aromatic N) is 1. The van der Waals surface area contributed by atoms with E-state index in [0.717, 1.165) is 13.0 Å². The molecule has 0 heterocycles. The van der Waals surface area contributed by atoms with Crippen molar-refractivity contribution >= 4 is 40.8 Å². The lowest BCUT2D eigenvalue weighted by molar-refractivity contribution is -0.156. The Bertz CT molecular complexity index is 1130. The zero-order valence-corrected chi connectivity index (χ0v) is 26.1. The van der Waals surface area contributed by atoms with Crippen molar-refractivity contribution in [3.8, 4) is 5.75 Å². The minimum absolute atomic E-state index is 0.0821. The van der Waals surface area contributed by atoms with Crippen LogP contribution in [-0.4, -0.2) is 60.9 Å². The molecule has 6 nitrogen and oxygen atoms in total. The Kier molecular flexibility index (Phi) is 17.9. The number of halogens is 5. The average Bonchev–Trinajstić information content (AvgIpc) is 2.91. The molecule has 1 N–H and O–H groups in total. The monoisotopic (exact) mass is 621 g/mol. The molecule has 0 spiro atoms. The van der Waals surface area contributed by atoms with Gasteiger partial charge in [-0.1, -0.05) is 56.7 Å². The van der Waals surface area contributed by atoms with E-state index in [-0.39, 0.29) is 37.6 Å². The predicted molar refractivity (Wildman–Crippen MR) is 160 cm³/mol. The van der Waals surface area contributed by atoms with E-state index in [1.165, 1.54) is 12.0 Å². The Morgan fingerprint density at radius 2 is 1.85 bits per heavy atom. The summed E-state index contributed by atoms with van der Waals surface area (Å²) in [5.74, 6) is -2.32. The van der Waals surface area contributed by atoms with E-state index >= 15 is 0 Å². The van der Waals surface area contributed by atoms with Crippen molar-refractivity contribution < 1.29 is 37.3 Å². The molecule has 1 aromatic rings. The summed E-state index contributed by atoms with van der Waals surface area (Å²) in [5, 5.41) is 9.60. The minimum atomic E-state index is -4.52. The molecule has 0 fully saturated rings. The van der Waals surface area contributed by atoms with Gasteiger partial charge < -0.3 is 19.5 Å². The van der Waals surface area contributed by atoms with Crippen LogP contribution in [0.2, 0.25) is 0 Å². The Labute approximate surface area is 251 Å². The van der Waals surface area contributed by atoms with Gasteiger partial charge in [0.1, 0.15) is 12.4 Å². The van der Waals surface area contributed by atoms with Crippen LogP contribution >= 0.6 is 23.2 Å². The smallest absolute Gasteiger partial charge is 0.410 e. The molecule has 41 heavy (non-hydrogen) atoms. The number of carbonyl (C=O) groups excluding carboxylic acids is 1. The number of rotatable bonds is 13. The third kappa shape index (κ3) is 13.5. The van der Waals surface area contributed by atoms with Gasteiger partial charge in [-0.3, -0.25) is 4.79 Å². The zero-order valence-electron chi connectivity index (χ0n) is 24.6. The van der Waals surface area contributed by atoms with Crippen LogP contribution in [0.25, 0.3) is 5.57 Å². The van der Waals surface area contributed by atoms with E-state index in [9.17, 15) is 27.9 Å². The van der Waals surface area contributed by atoms with Crippen molar-refractivity contribution in [1.29, 1.82) is 0 Å². The molecule has 0 aliphatic heterocycles. The van der Waals surface area contributed by atoms with Crippen LogP contribution in [0.4, 0.5) is 18.0 Å². The molecule has 0 saturated heterocycles. The number of likely N-dealkylation sites (N-methyl/N-ethyl adjacent to an activating group) is 1. The number of ether oxygens (including phenoxy) is 2. The number of benzene rings is 1. The molecule has 11 heteroatoms. The highest BCUT2D eigenvalue weighted by molar-refractivity contribution is 6.32. The van der Waals surface area contributed by atoms with Crippen LogP contribution < -0.4 is 4.74 Å². The molecule has 1 atom stereocenters. The largest absolute Gasteiger partial charge is 0.496 e. The molecule has 0 aromatic heterocycles. The van der Waals surface area contributed by atoms with Crippen LogP contribution in [0.1, 0.15) is 52.7 Å². The van der Waals surface area contributed by atoms with Crippen molar-refractivity contribution in [3.63, 3.8) is 0 Å². The number of amides is 1. The second kappa shape index (κ2) is 19.3. The molecular weight excluding hydrogens is 582 g/mol. The first-order valence-corrected chi connectivity index (χ1v) is 14.0. The molecule has 1 unspecified atom stereocenters. The summed E-state index contributed by atoms with van der Waals surface area (Å²) in [6.07, 6.45) is 0.299. The van der Waals surface area contributed by atoms with Gasteiger partial charge in [-0.25, -0.2) is 4.79 Å². The SMILES string of the molecule is C/C=C(\C(=C/C(C)C(F)(F)F)CN(CC)C(=O)OC/C(C)=C/C(Cl)=C\CCl)c1cc(CC(=O)O)ccc1OC.CC. The van der Waals surface area contributed by atoms with Gasteiger partial charge in [-0.2, -0.15) is 13.2 Å². The van der Waals surface area contributed by atoms with E-state index in [0.29, 0.717) is 33.1 Å². The number of aliphatic carboxylic acids is 1. The molecule has 1 aromatic carbocycles. The first-order chi connectivity index (χ1) is 19.3. The summed E-state index contributed by atoms with van der Waals surface area (Å²) < 4.78 is 51.6. The Morgan fingerprint density at radius 1 is 1.22 bits per heavy atom. The second-order valence-electron chi connectivity index (χ2n) is 8.63. The molecule has 0 saturated carbocycles. The maximum atomic E-state index is 13.6. The number of carboxylic acids is 1. The Morgan fingerprint density at radius 3 is 2.34 bits per heavy atom. The summed E-state index contributed by atoms with van der Waals surface area (Å²) in [6.45, 7) is 9.92. The lowest BCUT2D eigenvalue weighted by atomic mass is 9.91. The number of carbonyl (C=O) groups is 2. The zero-order chi connectivity index (χ0) is 31.8. The molecule has 0 radical (unpaired) electrons. The van der Waals surface area contributed by atoms with E-state index < -0.39 is 24.2 Å². The van der Waals surface area contributed by atoms with E-state index in [4.69, 9.17) is 32.7 Å². The van der Waals surface area contributed by atoms with Gasteiger partial charge in [0.2, 0.25) is 0 Å². The number of hydrogen-bond acceptors (Lipinski definition) is 4. The first kappa shape index (κ1) is 38.1. The lowest BCUT2D eigenvalue weighted by Crippen LogP contribution is -2.34. The summed E-state index contributed by atoms with van der Waals surface area (Å²) in [4.78, 5) is 25.4. The van der Waals surface area contributed by atoms with Crippen molar-refractivity contribution in [2.24, 2.45) is 5.92 Å². The Balaban J connectivity index is 0.00000781. The molecule has 0 bridgehead atoms. The summed E-state index contributed by atoms with van der Waals surface area (Å²) in [6, 6.07) is 4.70. The van der Waals surface area contributed by atoms with Crippen LogP contribution in [-0.2, 0) is 16.0 Å². The third-order valence-electron chi connectivity index (χ3n) is 5.59. The standard InChI is InChI=1S/C28H34Cl2F3NO5.C2H6/c1-6-23(24-14-20(15-26(35)36)8-9-25(24)38-5)21(13-19(4)28(31,32)33)16-34(7-2)27(37)39-17-18(3)12-22(30)10-11-29;1-2/h6,8-10,12-14,19H,7,11,15-17H2,1-5H3,(H,35,36);1-2H3/b18-12+,21-13-,22-10+,23-6+;. The van der Waals surface area contributed by atoms with Gasteiger partial charge >= 0.3 is 18.2 Å². The lowest BCUT2D eigenvalue weighted by Gasteiger charge is -2.25. The highest BCUT2D eigenvalue weighted by atomic mass is 35.5. The van der Waals surface area contributed by atoms with Crippen molar-refractivity contribution in [1.82, 2.24) is 4.90 Å². The van der Waals surface area contributed by atoms with E-state index in [1.54, 1.807) is 57.2 Å². The van der Waals surface area contributed by atoms with Crippen LogP contribution in [0.15, 0.2) is 58.7 Å². The summed E-state index contributed by atoms with van der Waals surface area (Å²) in [5.41, 5.74) is 2.06. The maximum absolute atomic E-state index is 13.6. The topological polar surface area (TPSA) is 76.1 Å². The van der Waals surface area contributed by atoms with Crippen LogP contribution in [0, 0.1) is 5.92 Å². The highest BCUT2D eigenvalue weighted by Crippen LogP contribution is 2.36. The fourth-order valence-corrected chi connectivity index (χ4v) is 4.08. The minimum Gasteiger partial charge on any atom is -0.496 e. The van der Waals surface area contributed by atoms with Crippen LogP contribution in [0.5, 0.6) is 5.75 Å². The maximum Gasteiger partial charge on any atom is 0.410 e. The molecule has 1 amide bonds. The van der Waals surface area contributed by atoms with Gasteiger partial charge in [-0.15, -0.1) is 11.6 Å². The van der Waals surface area contributed by atoms with Gasteiger partial charge in [-0.05, 0) is 61.3 Å². The predicted octanol–water partition coefficient (Wildman–Crippen LogP) is 8.64. The third-order valence-corrected chi connectivity index (χ3v) is 6.01. The van der Waals surface area contributed by atoms with Gasteiger partial charge in [0, 0.05) is 29.6 Å². The fourth-order valence-electron chi connectivity index (χ4n) is 3.58. The number of alkyl halides is 4. The van der Waals surface area contributed by atoms with Gasteiger partial charge in [0.25, 0.3) is 0 Å². The molecule has 0 aliphatic rings. The average molecular weight is 623 g/mol. The van der Waals surface area contributed by atoms with E-state index in [1.807, 2.05) is 13.8 Å². The molecular formula is C30H40Cl2F3NO5. The molecule has 1 rings (SSSR count). The molecule has 0 aliphatic carbocycles. The van der Waals surface area contributed by atoms with Gasteiger partial charge in [0.05, 0.1) is 19.4 Å². The van der Waals surface area contributed by atoms with Crippen molar-refractivity contribution in [3.05, 3.63) is 69.8 Å². The Hall–Kier alpha value is -2.91. The number of hydrogen-bond donors (Lipinski definition) is 1. The quantitative estimate of drug-likeness (QED) is 0.176. The fraction of sp³-hybridized carbons (Fsp3) is 0.467.